The summed E-state index contributed by atoms with van der Waals surface area (Å²) in [6.07, 6.45) is 0. The van der Waals surface area contributed by atoms with Crippen molar-refractivity contribution in [2.45, 2.75) is 5.41 Å². The van der Waals surface area contributed by atoms with Gasteiger partial charge in [0.2, 0.25) is 0 Å². The third-order valence-electron chi connectivity index (χ3n) is 13.4. The minimum atomic E-state index is -0.510. The molecule has 3 heteroatoms. The van der Waals surface area contributed by atoms with E-state index in [1.54, 1.807) is 0 Å². The molecule has 0 saturated heterocycles. The third-order valence-corrected chi connectivity index (χ3v) is 15.7. The first-order valence-corrected chi connectivity index (χ1v) is 23.5. The number of hydrogen-bond donors (Lipinski definition) is 0. The normalized spacial score (nSPS) is 12.8. The first-order valence-electron chi connectivity index (χ1n) is 21.9. The lowest BCUT2D eigenvalue weighted by Crippen LogP contribution is -2.28. The van der Waals surface area contributed by atoms with Crippen molar-refractivity contribution >= 4 is 80.1 Å². The maximum atomic E-state index is 2.49. The molecule has 1 aliphatic rings. The number of hydrogen-bond acceptors (Lipinski definition) is 3. The quantitative estimate of drug-likeness (QED) is 0.154. The van der Waals surface area contributed by atoms with Gasteiger partial charge in [-0.1, -0.05) is 182 Å². The molecule has 0 N–H and O–H groups in total. The molecule has 0 atom stereocenters. The second-order valence-electron chi connectivity index (χ2n) is 16.7. The summed E-state index contributed by atoms with van der Waals surface area (Å²) in [6.45, 7) is 0. The summed E-state index contributed by atoms with van der Waals surface area (Å²) < 4.78 is 5.28. The van der Waals surface area contributed by atoms with Crippen molar-refractivity contribution < 1.29 is 0 Å². The van der Waals surface area contributed by atoms with Gasteiger partial charge in [0.05, 0.1) is 11.1 Å². The number of thiophene rings is 2. The zero-order chi connectivity index (χ0) is 42.2. The van der Waals surface area contributed by atoms with Gasteiger partial charge < -0.3 is 4.90 Å². The van der Waals surface area contributed by atoms with Gasteiger partial charge in [0.15, 0.2) is 0 Å². The van der Waals surface area contributed by atoms with E-state index in [1.165, 1.54) is 96.0 Å². The van der Waals surface area contributed by atoms with Crippen molar-refractivity contribution in [1.29, 1.82) is 0 Å². The molecule has 0 aliphatic heterocycles. The highest BCUT2D eigenvalue weighted by atomic mass is 32.1. The van der Waals surface area contributed by atoms with Gasteiger partial charge in [-0.25, -0.2) is 0 Å². The summed E-state index contributed by atoms with van der Waals surface area (Å²) in [4.78, 5) is 2.49. The van der Waals surface area contributed by atoms with Gasteiger partial charge in [0, 0.05) is 57.3 Å². The molecule has 300 valence electrons. The van der Waals surface area contributed by atoms with Crippen LogP contribution < -0.4 is 4.90 Å². The largest absolute Gasteiger partial charge is 0.310 e. The summed E-state index contributed by atoms with van der Waals surface area (Å²) in [5.41, 5.74) is 15.3. The Morgan fingerprint density at radius 2 is 0.891 bits per heavy atom. The molecular formula is C61H39NS2. The Balaban J connectivity index is 1.03. The summed E-state index contributed by atoms with van der Waals surface area (Å²) >= 11 is 3.75. The molecule has 10 aromatic carbocycles. The van der Waals surface area contributed by atoms with Gasteiger partial charge in [-0.05, 0) is 105 Å². The molecule has 0 amide bonds. The van der Waals surface area contributed by atoms with Crippen LogP contribution in [-0.2, 0) is 5.41 Å². The predicted octanol–water partition coefficient (Wildman–Crippen LogP) is 17.6. The molecule has 2 heterocycles. The van der Waals surface area contributed by atoms with E-state index in [1.807, 2.05) is 22.7 Å². The molecule has 0 radical (unpaired) electrons. The van der Waals surface area contributed by atoms with E-state index in [9.17, 15) is 0 Å². The monoisotopic (exact) mass is 849 g/mol. The highest BCUT2D eigenvalue weighted by molar-refractivity contribution is 7.26. The maximum Gasteiger partial charge on any atom is 0.0714 e. The lowest BCUT2D eigenvalue weighted by molar-refractivity contribution is 0.768. The van der Waals surface area contributed by atoms with E-state index >= 15 is 0 Å². The van der Waals surface area contributed by atoms with Crippen LogP contribution in [0.1, 0.15) is 22.3 Å². The summed E-state index contributed by atoms with van der Waals surface area (Å²) in [5.74, 6) is 0. The van der Waals surface area contributed by atoms with Crippen LogP contribution in [0.4, 0.5) is 17.1 Å². The molecule has 1 nitrogen and oxygen atoms in total. The zero-order valence-corrected chi connectivity index (χ0v) is 36.4. The molecule has 13 rings (SSSR count). The lowest BCUT2D eigenvalue weighted by Gasteiger charge is -2.34. The number of rotatable bonds is 7. The Labute approximate surface area is 380 Å². The highest BCUT2D eigenvalue weighted by Gasteiger charge is 2.47. The second kappa shape index (κ2) is 14.8. The fraction of sp³-hybridized carbons (Fsp3) is 0.0164. The maximum absolute atomic E-state index is 2.49. The molecule has 0 fully saturated rings. The Bertz CT molecular complexity index is 3690. The van der Waals surface area contributed by atoms with E-state index in [4.69, 9.17) is 0 Å². The van der Waals surface area contributed by atoms with Gasteiger partial charge in [0.25, 0.3) is 0 Å². The molecule has 0 saturated carbocycles. The molecular weight excluding hydrogens is 811 g/mol. The molecule has 0 bridgehead atoms. The van der Waals surface area contributed by atoms with Crippen LogP contribution in [0.2, 0.25) is 0 Å². The SMILES string of the molecule is c1ccc(C2(c3ccccc3)c3ccccc3-c3c(N(c4ccc(-c5cccc6c5sc5ccccc56)cc4)c4cccc(-c5ccc6sc7ccccc7c6c5)c4)cccc32)cc1. The Morgan fingerprint density at radius 3 is 1.67 bits per heavy atom. The van der Waals surface area contributed by atoms with E-state index < -0.39 is 5.41 Å². The number of benzene rings is 10. The van der Waals surface area contributed by atoms with Gasteiger partial charge in [-0.15, -0.1) is 22.7 Å². The van der Waals surface area contributed by atoms with Crippen LogP contribution in [-0.4, -0.2) is 0 Å². The molecule has 0 unspecified atom stereocenters. The molecule has 2 aromatic heterocycles. The van der Waals surface area contributed by atoms with Crippen molar-refractivity contribution in [2.24, 2.45) is 0 Å². The van der Waals surface area contributed by atoms with E-state index in [2.05, 4.69) is 241 Å². The van der Waals surface area contributed by atoms with Gasteiger partial charge in [-0.2, -0.15) is 0 Å². The van der Waals surface area contributed by atoms with Crippen molar-refractivity contribution in [3.05, 3.63) is 259 Å². The predicted molar refractivity (Wildman–Crippen MR) is 275 cm³/mol. The van der Waals surface area contributed by atoms with E-state index in [0.717, 1.165) is 17.1 Å². The standard InChI is InChI=1S/C61H39NS2/c1-3-17-43(18-4-1)61(44-19-5-2-6-20-44)53-27-10-7-24-51(53)59-54(61)28-15-29-55(59)62(45-35-32-40(33-36-45)47-25-14-26-50-48-22-8-12-31-57(48)64-60(47)50)46-21-13-16-41(38-46)42-34-37-58-52(39-42)49-23-9-11-30-56(49)63-58/h1-39H. The summed E-state index contributed by atoms with van der Waals surface area (Å²) in [5, 5.41) is 5.25. The van der Waals surface area contributed by atoms with Crippen LogP contribution >= 0.6 is 22.7 Å². The average Bonchev–Trinajstić information content (AvgIpc) is 4.04. The van der Waals surface area contributed by atoms with Crippen molar-refractivity contribution in [3.63, 3.8) is 0 Å². The number of fused-ring (bicyclic) bond motifs is 9. The molecule has 1 aliphatic carbocycles. The zero-order valence-electron chi connectivity index (χ0n) is 34.8. The van der Waals surface area contributed by atoms with Crippen molar-refractivity contribution in [3.8, 4) is 33.4 Å². The molecule has 12 aromatic rings. The molecule has 0 spiro atoms. The smallest absolute Gasteiger partial charge is 0.0714 e. The van der Waals surface area contributed by atoms with Gasteiger partial charge in [0.1, 0.15) is 0 Å². The summed E-state index contributed by atoms with van der Waals surface area (Å²) in [7, 11) is 0. The van der Waals surface area contributed by atoms with Crippen LogP contribution in [0, 0.1) is 0 Å². The highest BCUT2D eigenvalue weighted by Crippen LogP contribution is 2.59. The minimum absolute atomic E-state index is 0.510. The lowest BCUT2D eigenvalue weighted by atomic mass is 9.68. The van der Waals surface area contributed by atoms with Crippen LogP contribution in [0.5, 0.6) is 0 Å². The Hall–Kier alpha value is -7.56. The fourth-order valence-electron chi connectivity index (χ4n) is 10.6. The Morgan fingerprint density at radius 1 is 0.328 bits per heavy atom. The van der Waals surface area contributed by atoms with E-state index in [-0.39, 0.29) is 0 Å². The minimum Gasteiger partial charge on any atom is -0.310 e. The van der Waals surface area contributed by atoms with Crippen molar-refractivity contribution in [2.75, 3.05) is 4.90 Å². The Kier molecular flexibility index (Phi) is 8.55. The summed E-state index contributed by atoms with van der Waals surface area (Å²) in [6, 6.07) is 87.8. The first-order chi connectivity index (χ1) is 31.7. The third kappa shape index (κ3) is 5.61. The van der Waals surface area contributed by atoms with Crippen LogP contribution in [0.25, 0.3) is 73.7 Å². The second-order valence-corrected chi connectivity index (χ2v) is 18.9. The number of anilines is 3. The van der Waals surface area contributed by atoms with E-state index in [0.29, 0.717) is 0 Å². The molecule has 64 heavy (non-hydrogen) atoms. The average molecular weight is 850 g/mol. The van der Waals surface area contributed by atoms with Crippen LogP contribution in [0.15, 0.2) is 237 Å². The van der Waals surface area contributed by atoms with Gasteiger partial charge in [-0.3, -0.25) is 0 Å². The van der Waals surface area contributed by atoms with Crippen LogP contribution in [0.3, 0.4) is 0 Å². The van der Waals surface area contributed by atoms with Gasteiger partial charge >= 0.3 is 0 Å². The first kappa shape index (κ1) is 37.0. The number of nitrogens with zero attached hydrogens (tertiary/aromatic N) is 1. The van der Waals surface area contributed by atoms with Crippen molar-refractivity contribution in [1.82, 2.24) is 0 Å². The fourth-order valence-corrected chi connectivity index (χ4v) is 12.9. The topological polar surface area (TPSA) is 3.24 Å².